The summed E-state index contributed by atoms with van der Waals surface area (Å²) in [5, 5.41) is 18.2. The third kappa shape index (κ3) is 2.74. The van der Waals surface area contributed by atoms with Crippen LogP contribution in [0.3, 0.4) is 0 Å². The Kier molecular flexibility index (Phi) is 4.32. The number of hydrogen-bond acceptors (Lipinski definition) is 3. The molecule has 4 nitrogen and oxygen atoms in total. The quantitative estimate of drug-likeness (QED) is 0.791. The molecule has 16 heavy (non-hydrogen) atoms. The first-order valence-corrected chi connectivity index (χ1v) is 5.66. The predicted molar refractivity (Wildman–Crippen MR) is 64.6 cm³/mol. The molecule has 0 amide bonds. The summed E-state index contributed by atoms with van der Waals surface area (Å²) in [6.45, 7) is 2.09. The fourth-order valence-corrected chi connectivity index (χ4v) is 2.02. The summed E-state index contributed by atoms with van der Waals surface area (Å²) >= 11 is 3.26. The summed E-state index contributed by atoms with van der Waals surface area (Å²) in [6.07, 6.45) is -0.00540. The van der Waals surface area contributed by atoms with Crippen LogP contribution >= 0.6 is 15.9 Å². The van der Waals surface area contributed by atoms with Gasteiger partial charge in [-0.25, -0.2) is 0 Å². The minimum absolute atomic E-state index is 0.00540. The highest BCUT2D eigenvalue weighted by Gasteiger charge is 2.18. The van der Waals surface area contributed by atoms with E-state index in [4.69, 9.17) is 10.8 Å². The normalized spacial score (nSPS) is 12.4. The molecule has 0 aromatic heterocycles. The second-order valence-electron chi connectivity index (χ2n) is 3.64. The number of phenolic OH excluding ortho intramolecular Hbond substituents is 1. The van der Waals surface area contributed by atoms with E-state index in [1.807, 2.05) is 6.92 Å². The number of aromatic hydroxyl groups is 1. The van der Waals surface area contributed by atoms with Gasteiger partial charge in [-0.3, -0.25) is 4.79 Å². The molecule has 4 N–H and O–H groups in total. The fourth-order valence-electron chi connectivity index (χ4n) is 1.66. The highest BCUT2D eigenvalue weighted by Crippen LogP contribution is 2.33. The van der Waals surface area contributed by atoms with E-state index in [0.29, 0.717) is 4.47 Å². The minimum Gasteiger partial charge on any atom is -0.507 e. The van der Waals surface area contributed by atoms with Crippen LogP contribution in [0.5, 0.6) is 5.75 Å². The number of aliphatic carboxylic acids is 1. The van der Waals surface area contributed by atoms with Crippen LogP contribution in [0, 0.1) is 6.92 Å². The van der Waals surface area contributed by atoms with E-state index >= 15 is 0 Å². The fraction of sp³-hybridized carbons (Fsp3) is 0.364. The van der Waals surface area contributed by atoms with Gasteiger partial charge in [-0.1, -0.05) is 6.07 Å². The number of benzene rings is 1. The number of hydrogen-bond donors (Lipinski definition) is 3. The highest BCUT2D eigenvalue weighted by molar-refractivity contribution is 9.10. The van der Waals surface area contributed by atoms with Gasteiger partial charge in [0, 0.05) is 5.92 Å². The molecular formula is C11H14BrNO3. The van der Waals surface area contributed by atoms with Crippen LogP contribution in [0.25, 0.3) is 0 Å². The molecule has 0 fully saturated rings. The number of carbonyl (C=O) groups is 1. The summed E-state index contributed by atoms with van der Waals surface area (Å²) in [6, 6.07) is 3.26. The Morgan fingerprint density at radius 2 is 2.19 bits per heavy atom. The van der Waals surface area contributed by atoms with E-state index in [-0.39, 0.29) is 24.6 Å². The van der Waals surface area contributed by atoms with Gasteiger partial charge in [-0.15, -0.1) is 0 Å². The first-order chi connectivity index (χ1) is 7.47. The SMILES string of the molecule is Cc1c(C(CN)CC(=O)O)ccc(O)c1Br. The number of halogens is 1. The topological polar surface area (TPSA) is 83.6 Å². The van der Waals surface area contributed by atoms with Crippen molar-refractivity contribution in [1.29, 1.82) is 0 Å². The molecule has 88 valence electrons. The van der Waals surface area contributed by atoms with Gasteiger partial charge in [-0.2, -0.15) is 0 Å². The summed E-state index contributed by atoms with van der Waals surface area (Å²) < 4.78 is 0.592. The van der Waals surface area contributed by atoms with Crippen molar-refractivity contribution in [2.24, 2.45) is 5.73 Å². The molecule has 0 heterocycles. The van der Waals surface area contributed by atoms with E-state index in [1.165, 1.54) is 6.07 Å². The average molecular weight is 288 g/mol. The standard InChI is InChI=1S/C11H14BrNO3/c1-6-8(2-3-9(14)11(6)12)7(5-13)4-10(15)16/h2-3,7,14H,4-5,13H2,1H3,(H,15,16). The van der Waals surface area contributed by atoms with Crippen molar-refractivity contribution < 1.29 is 15.0 Å². The van der Waals surface area contributed by atoms with Crippen molar-refractivity contribution >= 4 is 21.9 Å². The lowest BCUT2D eigenvalue weighted by atomic mass is 9.92. The molecule has 1 atom stereocenters. The Morgan fingerprint density at radius 3 is 2.69 bits per heavy atom. The molecule has 0 radical (unpaired) electrons. The van der Waals surface area contributed by atoms with Gasteiger partial charge in [0.2, 0.25) is 0 Å². The number of carboxylic acid groups (broad SMARTS) is 1. The number of nitrogens with two attached hydrogens (primary N) is 1. The number of rotatable bonds is 4. The van der Waals surface area contributed by atoms with Gasteiger partial charge >= 0.3 is 5.97 Å². The maximum absolute atomic E-state index is 10.7. The zero-order chi connectivity index (χ0) is 12.3. The molecule has 0 aliphatic heterocycles. The molecule has 0 bridgehead atoms. The highest BCUT2D eigenvalue weighted by atomic mass is 79.9. The van der Waals surface area contributed by atoms with Gasteiger partial charge < -0.3 is 15.9 Å². The second kappa shape index (κ2) is 5.32. The van der Waals surface area contributed by atoms with Gasteiger partial charge in [0.05, 0.1) is 10.9 Å². The van der Waals surface area contributed by atoms with Gasteiger partial charge in [-0.05, 0) is 46.6 Å². The Labute approximate surface area is 102 Å². The second-order valence-corrected chi connectivity index (χ2v) is 4.44. The van der Waals surface area contributed by atoms with Crippen molar-refractivity contribution in [3.63, 3.8) is 0 Å². The Balaban J connectivity index is 3.11. The molecule has 0 saturated carbocycles. The maximum Gasteiger partial charge on any atom is 0.304 e. The van der Waals surface area contributed by atoms with Crippen LogP contribution < -0.4 is 5.73 Å². The third-order valence-electron chi connectivity index (χ3n) is 2.55. The molecule has 1 aromatic carbocycles. The first kappa shape index (κ1) is 13.0. The lowest BCUT2D eigenvalue weighted by Crippen LogP contribution is -2.17. The molecule has 0 spiro atoms. The first-order valence-electron chi connectivity index (χ1n) is 4.87. The van der Waals surface area contributed by atoms with Gasteiger partial charge in [0.1, 0.15) is 5.75 Å². The van der Waals surface area contributed by atoms with Crippen LogP contribution in [-0.2, 0) is 4.79 Å². The zero-order valence-electron chi connectivity index (χ0n) is 8.90. The molecule has 0 saturated heterocycles. The number of carboxylic acids is 1. The van der Waals surface area contributed by atoms with Crippen molar-refractivity contribution in [3.8, 4) is 5.75 Å². The lowest BCUT2D eigenvalue weighted by molar-refractivity contribution is -0.137. The summed E-state index contributed by atoms with van der Waals surface area (Å²) in [5.74, 6) is -0.958. The predicted octanol–water partition coefficient (Wildman–Crippen LogP) is 1.98. The van der Waals surface area contributed by atoms with Crippen molar-refractivity contribution in [1.82, 2.24) is 0 Å². The zero-order valence-corrected chi connectivity index (χ0v) is 10.5. The average Bonchev–Trinajstić information content (AvgIpc) is 2.23. The summed E-state index contributed by atoms with van der Waals surface area (Å²) in [7, 11) is 0. The van der Waals surface area contributed by atoms with E-state index < -0.39 is 5.97 Å². The van der Waals surface area contributed by atoms with Crippen LogP contribution in [0.2, 0.25) is 0 Å². The Hall–Kier alpha value is -1.07. The third-order valence-corrected chi connectivity index (χ3v) is 3.55. The summed E-state index contributed by atoms with van der Waals surface area (Å²) in [5.41, 5.74) is 7.26. The smallest absolute Gasteiger partial charge is 0.304 e. The molecule has 1 aromatic rings. The van der Waals surface area contributed by atoms with E-state index in [1.54, 1.807) is 6.07 Å². The van der Waals surface area contributed by atoms with Gasteiger partial charge in [0.15, 0.2) is 0 Å². The molecule has 0 aliphatic rings. The maximum atomic E-state index is 10.7. The molecule has 0 aliphatic carbocycles. The van der Waals surface area contributed by atoms with E-state index in [9.17, 15) is 9.90 Å². The van der Waals surface area contributed by atoms with Crippen molar-refractivity contribution in [3.05, 3.63) is 27.7 Å². The molecule has 1 unspecified atom stereocenters. The van der Waals surface area contributed by atoms with Crippen LogP contribution in [0.4, 0.5) is 0 Å². The Morgan fingerprint density at radius 1 is 1.56 bits per heavy atom. The molecule has 1 rings (SSSR count). The van der Waals surface area contributed by atoms with Crippen LogP contribution in [-0.4, -0.2) is 22.7 Å². The summed E-state index contributed by atoms with van der Waals surface area (Å²) in [4.78, 5) is 10.7. The largest absolute Gasteiger partial charge is 0.507 e. The molecular weight excluding hydrogens is 274 g/mol. The van der Waals surface area contributed by atoms with Crippen molar-refractivity contribution in [2.45, 2.75) is 19.3 Å². The van der Waals surface area contributed by atoms with Crippen LogP contribution in [0.1, 0.15) is 23.5 Å². The molecule has 5 heteroatoms. The van der Waals surface area contributed by atoms with E-state index in [0.717, 1.165) is 11.1 Å². The number of phenols is 1. The van der Waals surface area contributed by atoms with Crippen molar-refractivity contribution in [2.75, 3.05) is 6.54 Å². The minimum atomic E-state index is -0.876. The lowest BCUT2D eigenvalue weighted by Gasteiger charge is -2.17. The Bertz CT molecular complexity index is 406. The van der Waals surface area contributed by atoms with E-state index in [2.05, 4.69) is 15.9 Å². The monoisotopic (exact) mass is 287 g/mol. The van der Waals surface area contributed by atoms with Gasteiger partial charge in [0.25, 0.3) is 0 Å². The van der Waals surface area contributed by atoms with Crippen LogP contribution in [0.15, 0.2) is 16.6 Å².